The Bertz CT molecular complexity index is 645. The fourth-order valence-electron chi connectivity index (χ4n) is 3.88. The summed E-state index contributed by atoms with van der Waals surface area (Å²) in [5, 5.41) is 3.04. The molecule has 3 atom stereocenters. The Balaban J connectivity index is 1.33. The number of aryl methyl sites for hydroxylation is 1. The first-order valence-electron chi connectivity index (χ1n) is 8.58. The Morgan fingerprint density at radius 3 is 3.17 bits per heavy atom. The molecule has 1 saturated heterocycles. The molecule has 2 fully saturated rings. The molecule has 0 unspecified atom stereocenters. The van der Waals surface area contributed by atoms with E-state index in [1.54, 1.807) is 11.3 Å². The standard InChI is InChI=1S/C17H24N4O2S/c1-20-12-18-8-14(20)9-21-5-6-23-17-13(2-3-15(17)21)10-22-11-16-19-4-7-24-16/h4,7-8,12-13,15,17H,2-3,5-6,9-11H2,1H3/t13-,15+,17-/m1/s1. The quantitative estimate of drug-likeness (QED) is 0.800. The number of aromatic nitrogens is 3. The minimum atomic E-state index is 0.295. The zero-order valence-corrected chi connectivity index (χ0v) is 14.8. The lowest BCUT2D eigenvalue weighted by Crippen LogP contribution is -2.50. The van der Waals surface area contributed by atoms with E-state index in [2.05, 4.69) is 26.5 Å². The molecule has 1 aliphatic heterocycles. The molecular weight excluding hydrogens is 324 g/mol. The lowest BCUT2D eigenvalue weighted by atomic mass is 10.0. The maximum Gasteiger partial charge on any atom is 0.118 e. The van der Waals surface area contributed by atoms with Crippen molar-refractivity contribution < 1.29 is 9.47 Å². The van der Waals surface area contributed by atoms with Crippen molar-refractivity contribution in [3.05, 3.63) is 34.8 Å². The Kier molecular flexibility index (Phi) is 4.93. The minimum absolute atomic E-state index is 0.295. The molecule has 4 rings (SSSR count). The molecule has 3 heterocycles. The minimum Gasteiger partial charge on any atom is -0.375 e. The third kappa shape index (κ3) is 3.39. The molecule has 6 nitrogen and oxygen atoms in total. The molecule has 0 spiro atoms. The largest absolute Gasteiger partial charge is 0.375 e. The molecular formula is C17H24N4O2S. The zero-order chi connectivity index (χ0) is 16.4. The fraction of sp³-hybridized carbons (Fsp3) is 0.647. The van der Waals surface area contributed by atoms with Crippen molar-refractivity contribution in [2.24, 2.45) is 13.0 Å². The van der Waals surface area contributed by atoms with Gasteiger partial charge >= 0.3 is 0 Å². The number of rotatable bonds is 6. The number of hydrogen-bond donors (Lipinski definition) is 0. The topological polar surface area (TPSA) is 52.4 Å². The molecule has 0 bridgehead atoms. The third-order valence-electron chi connectivity index (χ3n) is 5.16. The molecule has 2 aromatic heterocycles. The maximum atomic E-state index is 6.12. The highest BCUT2D eigenvalue weighted by atomic mass is 32.1. The Hall–Kier alpha value is -1.28. The molecule has 24 heavy (non-hydrogen) atoms. The van der Waals surface area contributed by atoms with Crippen LogP contribution in [0.1, 0.15) is 23.5 Å². The monoisotopic (exact) mass is 348 g/mol. The molecule has 1 saturated carbocycles. The SMILES string of the molecule is Cn1cncc1CN1CCO[C@@H]2[C@@H](COCc3nccs3)CC[C@@H]21. The molecule has 2 aromatic rings. The van der Waals surface area contributed by atoms with E-state index >= 15 is 0 Å². The second kappa shape index (κ2) is 7.31. The van der Waals surface area contributed by atoms with Gasteiger partial charge in [-0.3, -0.25) is 4.90 Å². The van der Waals surface area contributed by atoms with Crippen LogP contribution in [0.5, 0.6) is 0 Å². The Labute approximate surface area is 146 Å². The molecule has 0 aromatic carbocycles. The summed E-state index contributed by atoms with van der Waals surface area (Å²) in [4.78, 5) is 11.1. The number of hydrogen-bond acceptors (Lipinski definition) is 6. The van der Waals surface area contributed by atoms with Crippen molar-refractivity contribution in [3.8, 4) is 0 Å². The lowest BCUT2D eigenvalue weighted by Gasteiger charge is -2.39. The van der Waals surface area contributed by atoms with E-state index in [-0.39, 0.29) is 0 Å². The van der Waals surface area contributed by atoms with Crippen molar-refractivity contribution in [3.63, 3.8) is 0 Å². The molecule has 2 aliphatic rings. The van der Waals surface area contributed by atoms with Gasteiger partial charge in [-0.25, -0.2) is 9.97 Å². The first-order valence-corrected chi connectivity index (χ1v) is 9.46. The van der Waals surface area contributed by atoms with Crippen LogP contribution in [0, 0.1) is 5.92 Å². The number of nitrogens with zero attached hydrogens (tertiary/aromatic N) is 4. The van der Waals surface area contributed by atoms with Gasteiger partial charge in [-0.2, -0.15) is 0 Å². The molecule has 0 amide bonds. The number of thiazole rings is 1. The van der Waals surface area contributed by atoms with Crippen molar-refractivity contribution in [1.82, 2.24) is 19.4 Å². The van der Waals surface area contributed by atoms with Crippen molar-refractivity contribution in [1.29, 1.82) is 0 Å². The van der Waals surface area contributed by atoms with E-state index in [1.165, 1.54) is 18.5 Å². The van der Waals surface area contributed by atoms with E-state index < -0.39 is 0 Å². The average Bonchev–Trinajstić information content (AvgIpc) is 3.31. The Morgan fingerprint density at radius 2 is 2.38 bits per heavy atom. The summed E-state index contributed by atoms with van der Waals surface area (Å²) in [6.07, 6.45) is 8.33. The first kappa shape index (κ1) is 16.2. The van der Waals surface area contributed by atoms with Crippen molar-refractivity contribution >= 4 is 11.3 Å². The highest BCUT2D eigenvalue weighted by molar-refractivity contribution is 7.09. The fourth-order valence-corrected chi connectivity index (χ4v) is 4.43. The summed E-state index contributed by atoms with van der Waals surface area (Å²) in [7, 11) is 2.06. The average molecular weight is 348 g/mol. The summed E-state index contributed by atoms with van der Waals surface area (Å²) in [5.41, 5.74) is 1.26. The molecule has 7 heteroatoms. The van der Waals surface area contributed by atoms with E-state index in [0.29, 0.717) is 24.7 Å². The van der Waals surface area contributed by atoms with Gasteiger partial charge in [0, 0.05) is 49.9 Å². The van der Waals surface area contributed by atoms with Crippen LogP contribution >= 0.6 is 11.3 Å². The van der Waals surface area contributed by atoms with Gasteiger partial charge in [0.05, 0.1) is 37.9 Å². The maximum absolute atomic E-state index is 6.12. The van der Waals surface area contributed by atoms with E-state index in [0.717, 1.165) is 31.3 Å². The van der Waals surface area contributed by atoms with Crippen LogP contribution in [0.3, 0.4) is 0 Å². The highest BCUT2D eigenvalue weighted by Crippen LogP contribution is 2.35. The van der Waals surface area contributed by atoms with Crippen LogP contribution in [-0.4, -0.2) is 51.3 Å². The molecule has 130 valence electrons. The van der Waals surface area contributed by atoms with Crippen LogP contribution < -0.4 is 0 Å². The van der Waals surface area contributed by atoms with E-state index in [9.17, 15) is 0 Å². The van der Waals surface area contributed by atoms with Crippen molar-refractivity contribution in [2.75, 3.05) is 19.8 Å². The molecule has 1 aliphatic carbocycles. The normalized spacial score (nSPS) is 27.5. The van der Waals surface area contributed by atoms with Crippen LogP contribution in [0.4, 0.5) is 0 Å². The number of morpholine rings is 1. The smallest absolute Gasteiger partial charge is 0.118 e. The number of imidazole rings is 1. The second-order valence-corrected chi connectivity index (χ2v) is 7.63. The number of ether oxygens (including phenoxy) is 2. The van der Waals surface area contributed by atoms with Crippen LogP contribution in [-0.2, 0) is 29.7 Å². The van der Waals surface area contributed by atoms with Crippen molar-refractivity contribution in [2.45, 2.75) is 38.1 Å². The lowest BCUT2D eigenvalue weighted by molar-refractivity contribution is -0.0895. The first-order chi connectivity index (χ1) is 11.8. The summed E-state index contributed by atoms with van der Waals surface area (Å²) in [5.74, 6) is 0.490. The van der Waals surface area contributed by atoms with Crippen LogP contribution in [0.25, 0.3) is 0 Å². The number of fused-ring (bicyclic) bond motifs is 1. The second-order valence-electron chi connectivity index (χ2n) is 6.65. The summed E-state index contributed by atoms with van der Waals surface area (Å²) < 4.78 is 14.1. The van der Waals surface area contributed by atoms with Crippen LogP contribution in [0.2, 0.25) is 0 Å². The van der Waals surface area contributed by atoms with E-state index in [4.69, 9.17) is 9.47 Å². The molecule has 0 N–H and O–H groups in total. The van der Waals surface area contributed by atoms with Crippen LogP contribution in [0.15, 0.2) is 24.1 Å². The predicted octanol–water partition coefficient (Wildman–Crippen LogP) is 2.07. The Morgan fingerprint density at radius 1 is 1.42 bits per heavy atom. The zero-order valence-electron chi connectivity index (χ0n) is 14.0. The summed E-state index contributed by atoms with van der Waals surface area (Å²) in [6, 6.07) is 0.502. The third-order valence-corrected chi connectivity index (χ3v) is 5.91. The molecule has 0 radical (unpaired) electrons. The summed E-state index contributed by atoms with van der Waals surface area (Å²) >= 11 is 1.65. The predicted molar refractivity (Wildman–Crippen MR) is 91.6 cm³/mol. The van der Waals surface area contributed by atoms with Gasteiger partial charge in [0.2, 0.25) is 0 Å². The van der Waals surface area contributed by atoms with Gasteiger partial charge in [0.1, 0.15) is 5.01 Å². The van der Waals surface area contributed by atoms with Gasteiger partial charge in [-0.05, 0) is 12.8 Å². The van der Waals surface area contributed by atoms with Gasteiger partial charge in [0.25, 0.3) is 0 Å². The van der Waals surface area contributed by atoms with Gasteiger partial charge < -0.3 is 14.0 Å². The van der Waals surface area contributed by atoms with E-state index in [1.807, 2.05) is 24.1 Å². The van der Waals surface area contributed by atoms with Gasteiger partial charge in [-0.15, -0.1) is 11.3 Å². The van der Waals surface area contributed by atoms with Gasteiger partial charge in [0.15, 0.2) is 0 Å². The van der Waals surface area contributed by atoms with Gasteiger partial charge in [-0.1, -0.05) is 0 Å². The summed E-state index contributed by atoms with van der Waals surface area (Å²) in [6.45, 7) is 4.14. The highest BCUT2D eigenvalue weighted by Gasteiger charge is 2.42.